The second kappa shape index (κ2) is 6.71. The molecule has 1 aromatic carbocycles. The smallest absolute Gasteiger partial charge is 0.251 e. The lowest BCUT2D eigenvalue weighted by Crippen LogP contribution is -2.41. The third-order valence-electron chi connectivity index (χ3n) is 3.71. The van der Waals surface area contributed by atoms with Crippen molar-refractivity contribution in [3.05, 3.63) is 81.9 Å². The molecular weight excluding hydrogens is 324 g/mol. The van der Waals surface area contributed by atoms with E-state index in [2.05, 4.69) is 5.32 Å². The van der Waals surface area contributed by atoms with E-state index in [1.807, 2.05) is 23.6 Å². The lowest BCUT2D eigenvalue weighted by atomic mass is 9.94. The van der Waals surface area contributed by atoms with Crippen LogP contribution in [0.15, 0.2) is 64.8 Å². The van der Waals surface area contributed by atoms with E-state index >= 15 is 0 Å². The first-order chi connectivity index (χ1) is 11.6. The van der Waals surface area contributed by atoms with E-state index in [1.165, 1.54) is 23.9 Å². The van der Waals surface area contributed by atoms with Crippen LogP contribution in [0.25, 0.3) is 0 Å². The second-order valence-corrected chi connectivity index (χ2v) is 6.17. The van der Waals surface area contributed by atoms with Crippen LogP contribution in [0.1, 0.15) is 26.4 Å². The summed E-state index contributed by atoms with van der Waals surface area (Å²) < 4.78 is 5.08. The first-order valence-electron chi connectivity index (χ1n) is 7.21. The Balaban J connectivity index is 1.79. The van der Waals surface area contributed by atoms with Gasteiger partial charge < -0.3 is 14.8 Å². The highest BCUT2D eigenvalue weighted by molar-refractivity contribution is 7.10. The first-order valence-corrected chi connectivity index (χ1v) is 8.09. The fourth-order valence-corrected chi connectivity index (χ4v) is 3.20. The zero-order chi connectivity index (χ0) is 17.0. The summed E-state index contributed by atoms with van der Waals surface area (Å²) in [6, 6.07) is 13.6. The first kappa shape index (κ1) is 16.0. The summed E-state index contributed by atoms with van der Waals surface area (Å²) in [5, 5.41) is 24.5. The van der Waals surface area contributed by atoms with Crippen LogP contribution in [0.5, 0.6) is 0 Å². The van der Waals surface area contributed by atoms with E-state index < -0.39 is 5.60 Å². The van der Waals surface area contributed by atoms with Gasteiger partial charge in [0.05, 0.1) is 30.7 Å². The third kappa shape index (κ3) is 3.08. The number of rotatable bonds is 5. The van der Waals surface area contributed by atoms with Crippen molar-refractivity contribution in [3.8, 4) is 6.07 Å². The number of nitriles is 1. The van der Waals surface area contributed by atoms with Crippen molar-refractivity contribution in [2.24, 2.45) is 0 Å². The van der Waals surface area contributed by atoms with E-state index in [1.54, 1.807) is 30.3 Å². The number of carbonyl (C=O) groups is 1. The number of carbonyl (C=O) groups excluding carboxylic acids is 1. The topological polar surface area (TPSA) is 86.3 Å². The Morgan fingerprint density at radius 1 is 1.29 bits per heavy atom. The highest BCUT2D eigenvalue weighted by Crippen LogP contribution is 2.32. The summed E-state index contributed by atoms with van der Waals surface area (Å²) in [6.45, 7) is 0.00583. The van der Waals surface area contributed by atoms with Crippen molar-refractivity contribution in [3.63, 3.8) is 0 Å². The number of amides is 1. The molecule has 2 aromatic heterocycles. The van der Waals surface area contributed by atoms with E-state index in [0.717, 1.165) is 0 Å². The molecular formula is C18H14N2O3S. The Labute approximate surface area is 142 Å². The average Bonchev–Trinajstić information content (AvgIpc) is 3.33. The Morgan fingerprint density at radius 3 is 2.67 bits per heavy atom. The molecule has 1 amide bonds. The fourth-order valence-electron chi connectivity index (χ4n) is 2.35. The maximum atomic E-state index is 12.3. The lowest BCUT2D eigenvalue weighted by molar-refractivity contribution is 0.0714. The zero-order valence-electron chi connectivity index (χ0n) is 12.6. The molecule has 0 bridgehead atoms. The second-order valence-electron chi connectivity index (χ2n) is 5.22. The van der Waals surface area contributed by atoms with Gasteiger partial charge in [0.2, 0.25) is 0 Å². The van der Waals surface area contributed by atoms with E-state index in [4.69, 9.17) is 9.68 Å². The summed E-state index contributed by atoms with van der Waals surface area (Å²) in [4.78, 5) is 13.0. The standard InChI is InChI=1S/C18H14N2O3S/c19-10-13-3-5-14(6-4-13)17(21)20-12-18(22,15-7-8-23-11-15)16-2-1-9-24-16/h1-9,11,22H,12H2,(H,20,21). The summed E-state index contributed by atoms with van der Waals surface area (Å²) >= 11 is 1.40. The van der Waals surface area contributed by atoms with Crippen molar-refractivity contribution in [1.82, 2.24) is 5.32 Å². The third-order valence-corrected chi connectivity index (χ3v) is 4.73. The predicted molar refractivity (Wildman–Crippen MR) is 89.5 cm³/mol. The van der Waals surface area contributed by atoms with Gasteiger partial charge in [0.25, 0.3) is 5.91 Å². The van der Waals surface area contributed by atoms with Crippen LogP contribution in [0, 0.1) is 11.3 Å². The Hall–Kier alpha value is -2.88. The van der Waals surface area contributed by atoms with Crippen molar-refractivity contribution >= 4 is 17.2 Å². The molecule has 0 radical (unpaired) electrons. The largest absolute Gasteiger partial charge is 0.472 e. The lowest BCUT2D eigenvalue weighted by Gasteiger charge is -2.26. The number of nitrogens with one attached hydrogen (secondary N) is 1. The Bertz CT molecular complexity index is 813. The molecule has 24 heavy (non-hydrogen) atoms. The van der Waals surface area contributed by atoms with Gasteiger partial charge in [-0.15, -0.1) is 11.3 Å². The summed E-state index contributed by atoms with van der Waals surface area (Å²) in [5.74, 6) is -0.321. The van der Waals surface area contributed by atoms with E-state index in [0.29, 0.717) is 21.6 Å². The quantitative estimate of drug-likeness (QED) is 0.749. The fraction of sp³-hybridized carbons (Fsp3) is 0.111. The molecule has 0 fully saturated rings. The van der Waals surface area contributed by atoms with Crippen molar-refractivity contribution < 1.29 is 14.3 Å². The van der Waals surface area contributed by atoms with Gasteiger partial charge in [0, 0.05) is 16.0 Å². The molecule has 0 saturated heterocycles. The van der Waals surface area contributed by atoms with Crippen LogP contribution in [0.4, 0.5) is 0 Å². The number of hydrogen-bond donors (Lipinski definition) is 2. The van der Waals surface area contributed by atoms with Gasteiger partial charge in [-0.1, -0.05) is 6.07 Å². The molecule has 3 aromatic rings. The Morgan fingerprint density at radius 2 is 2.08 bits per heavy atom. The van der Waals surface area contributed by atoms with Crippen LogP contribution < -0.4 is 5.32 Å². The number of hydrogen-bond acceptors (Lipinski definition) is 5. The van der Waals surface area contributed by atoms with Gasteiger partial charge in [0.15, 0.2) is 0 Å². The monoisotopic (exact) mass is 338 g/mol. The van der Waals surface area contributed by atoms with Crippen LogP contribution >= 0.6 is 11.3 Å². The normalized spacial score (nSPS) is 13.0. The number of thiophene rings is 1. The zero-order valence-corrected chi connectivity index (χ0v) is 13.4. The van der Waals surface area contributed by atoms with Gasteiger partial charge in [-0.2, -0.15) is 5.26 Å². The van der Waals surface area contributed by atoms with E-state index in [9.17, 15) is 9.90 Å². The molecule has 120 valence electrons. The minimum atomic E-state index is -1.36. The highest BCUT2D eigenvalue weighted by Gasteiger charge is 2.34. The molecule has 2 N–H and O–H groups in total. The van der Waals surface area contributed by atoms with Gasteiger partial charge >= 0.3 is 0 Å². The SMILES string of the molecule is N#Cc1ccc(C(=O)NCC(O)(c2ccoc2)c2cccs2)cc1. The minimum absolute atomic E-state index is 0.00583. The van der Waals surface area contributed by atoms with Crippen LogP contribution in [-0.4, -0.2) is 17.6 Å². The molecule has 1 atom stereocenters. The molecule has 0 saturated carbocycles. The summed E-state index contributed by atoms with van der Waals surface area (Å²) in [5.41, 5.74) is 0.128. The highest BCUT2D eigenvalue weighted by atomic mass is 32.1. The average molecular weight is 338 g/mol. The molecule has 0 aliphatic rings. The maximum Gasteiger partial charge on any atom is 0.251 e. The Kier molecular flexibility index (Phi) is 4.47. The van der Waals surface area contributed by atoms with Crippen LogP contribution in [0.2, 0.25) is 0 Å². The van der Waals surface area contributed by atoms with Gasteiger partial charge in [-0.05, 0) is 41.8 Å². The molecule has 0 aliphatic carbocycles. The van der Waals surface area contributed by atoms with Crippen molar-refractivity contribution in [2.75, 3.05) is 6.54 Å². The number of nitrogens with zero attached hydrogens (tertiary/aromatic N) is 1. The number of furan rings is 1. The van der Waals surface area contributed by atoms with Crippen LogP contribution in [0.3, 0.4) is 0 Å². The minimum Gasteiger partial charge on any atom is -0.472 e. The predicted octanol–water partition coefficient (Wildman–Crippen LogP) is 2.88. The van der Waals surface area contributed by atoms with Gasteiger partial charge in [-0.3, -0.25) is 4.79 Å². The molecule has 2 heterocycles. The van der Waals surface area contributed by atoms with Crippen LogP contribution in [-0.2, 0) is 5.60 Å². The van der Waals surface area contributed by atoms with Crippen molar-refractivity contribution in [1.29, 1.82) is 5.26 Å². The van der Waals surface area contributed by atoms with Gasteiger partial charge in [-0.25, -0.2) is 0 Å². The summed E-state index contributed by atoms with van der Waals surface area (Å²) in [6.07, 6.45) is 2.95. The number of aliphatic hydroxyl groups is 1. The molecule has 1 unspecified atom stereocenters. The summed E-state index contributed by atoms with van der Waals surface area (Å²) in [7, 11) is 0. The molecule has 6 heteroatoms. The maximum absolute atomic E-state index is 12.3. The molecule has 0 aliphatic heterocycles. The van der Waals surface area contributed by atoms with E-state index in [-0.39, 0.29) is 12.5 Å². The van der Waals surface area contributed by atoms with Crippen molar-refractivity contribution in [2.45, 2.75) is 5.60 Å². The molecule has 5 nitrogen and oxygen atoms in total. The number of benzene rings is 1. The molecule has 3 rings (SSSR count). The molecule has 0 spiro atoms. The van der Waals surface area contributed by atoms with Gasteiger partial charge in [0.1, 0.15) is 5.60 Å².